The summed E-state index contributed by atoms with van der Waals surface area (Å²) in [7, 11) is 1.87. The molecule has 5 nitrogen and oxygen atoms in total. The topological polar surface area (TPSA) is 67.8 Å². The quantitative estimate of drug-likeness (QED) is 0.746. The monoisotopic (exact) mass is 359 g/mol. The fraction of sp³-hybridized carbons (Fsp3) is 0.533. The lowest BCUT2D eigenvalue weighted by Gasteiger charge is -2.22. The van der Waals surface area contributed by atoms with Gasteiger partial charge in [0, 0.05) is 6.54 Å². The van der Waals surface area contributed by atoms with Crippen LogP contribution in [0.5, 0.6) is 11.5 Å². The van der Waals surface area contributed by atoms with Gasteiger partial charge in [-0.3, -0.25) is 4.79 Å². The average molecular weight is 360 g/mol. The standard InChI is InChI=1S/C15H22BrNO4/c1-5-20-12-7-10(8-17-4)6-11(16)13(12)21-9-15(2,3)14(18)19/h6-7,17H,5,8-9H2,1-4H3,(H,18,19). The van der Waals surface area contributed by atoms with Gasteiger partial charge in [0.2, 0.25) is 0 Å². The third-order valence-corrected chi connectivity index (χ3v) is 3.50. The molecule has 0 unspecified atom stereocenters. The van der Waals surface area contributed by atoms with Crippen molar-refractivity contribution in [1.29, 1.82) is 0 Å². The van der Waals surface area contributed by atoms with Gasteiger partial charge in [-0.25, -0.2) is 0 Å². The van der Waals surface area contributed by atoms with Crippen LogP contribution in [0.4, 0.5) is 0 Å². The molecule has 2 N–H and O–H groups in total. The molecule has 0 spiro atoms. The average Bonchev–Trinajstić information content (AvgIpc) is 2.38. The van der Waals surface area contributed by atoms with E-state index in [0.29, 0.717) is 24.7 Å². The number of carboxylic acid groups (broad SMARTS) is 1. The van der Waals surface area contributed by atoms with Crippen LogP contribution in [0, 0.1) is 5.41 Å². The van der Waals surface area contributed by atoms with E-state index >= 15 is 0 Å². The van der Waals surface area contributed by atoms with Crippen LogP contribution in [0.25, 0.3) is 0 Å². The second-order valence-corrected chi connectivity index (χ2v) is 6.20. The van der Waals surface area contributed by atoms with Crippen LogP contribution in [0.15, 0.2) is 16.6 Å². The van der Waals surface area contributed by atoms with Gasteiger partial charge < -0.3 is 19.9 Å². The van der Waals surface area contributed by atoms with Crippen molar-refractivity contribution in [2.75, 3.05) is 20.3 Å². The Morgan fingerprint density at radius 1 is 1.38 bits per heavy atom. The van der Waals surface area contributed by atoms with Gasteiger partial charge in [0.15, 0.2) is 11.5 Å². The Labute approximate surface area is 133 Å². The largest absolute Gasteiger partial charge is 0.490 e. The van der Waals surface area contributed by atoms with Gasteiger partial charge in [-0.2, -0.15) is 0 Å². The van der Waals surface area contributed by atoms with Gasteiger partial charge >= 0.3 is 5.97 Å². The number of carbonyl (C=O) groups is 1. The van der Waals surface area contributed by atoms with Crippen LogP contribution >= 0.6 is 15.9 Å². The molecule has 0 aliphatic heterocycles. The molecule has 1 rings (SSSR count). The molecule has 21 heavy (non-hydrogen) atoms. The van der Waals surface area contributed by atoms with E-state index in [2.05, 4.69) is 21.2 Å². The maximum atomic E-state index is 11.1. The normalized spacial score (nSPS) is 11.3. The molecule has 0 heterocycles. The number of ether oxygens (including phenoxy) is 2. The first-order valence-electron chi connectivity index (χ1n) is 6.77. The first-order chi connectivity index (χ1) is 9.81. The zero-order valence-electron chi connectivity index (χ0n) is 12.8. The maximum absolute atomic E-state index is 11.1. The third-order valence-electron chi connectivity index (χ3n) is 2.91. The Morgan fingerprint density at radius 3 is 2.57 bits per heavy atom. The van der Waals surface area contributed by atoms with E-state index < -0.39 is 11.4 Å². The summed E-state index contributed by atoms with van der Waals surface area (Å²) in [5.41, 5.74) is 0.0877. The van der Waals surface area contributed by atoms with Crippen molar-refractivity contribution >= 4 is 21.9 Å². The fourth-order valence-electron chi connectivity index (χ4n) is 1.64. The minimum absolute atomic E-state index is 0.0619. The van der Waals surface area contributed by atoms with Crippen LogP contribution < -0.4 is 14.8 Å². The Balaban J connectivity index is 3.02. The summed E-state index contributed by atoms with van der Waals surface area (Å²) in [6.45, 7) is 6.42. The third kappa shape index (κ3) is 4.89. The van der Waals surface area contributed by atoms with E-state index in [1.807, 2.05) is 26.1 Å². The van der Waals surface area contributed by atoms with Crippen molar-refractivity contribution in [2.24, 2.45) is 5.41 Å². The predicted molar refractivity (Wildman–Crippen MR) is 85.0 cm³/mol. The molecule has 0 saturated heterocycles. The summed E-state index contributed by atoms with van der Waals surface area (Å²) < 4.78 is 12.1. The molecular weight excluding hydrogens is 338 g/mol. The lowest BCUT2D eigenvalue weighted by atomic mass is 9.95. The smallest absolute Gasteiger partial charge is 0.312 e. The molecule has 0 radical (unpaired) electrons. The molecule has 6 heteroatoms. The van der Waals surface area contributed by atoms with Gasteiger partial charge in [0.05, 0.1) is 16.5 Å². The maximum Gasteiger partial charge on any atom is 0.312 e. The van der Waals surface area contributed by atoms with E-state index in [1.54, 1.807) is 13.8 Å². The minimum atomic E-state index is -0.966. The molecule has 0 bridgehead atoms. The summed E-state index contributed by atoms with van der Waals surface area (Å²) in [6.07, 6.45) is 0. The molecule has 0 aliphatic rings. The van der Waals surface area contributed by atoms with E-state index in [4.69, 9.17) is 14.6 Å². The molecule has 0 fully saturated rings. The molecule has 0 aromatic heterocycles. The molecule has 118 valence electrons. The van der Waals surface area contributed by atoms with E-state index in [1.165, 1.54) is 0 Å². The van der Waals surface area contributed by atoms with Gasteiger partial charge in [-0.1, -0.05) is 0 Å². The summed E-state index contributed by atoms with van der Waals surface area (Å²) in [5, 5.41) is 12.2. The zero-order chi connectivity index (χ0) is 16.0. The molecule has 0 atom stereocenters. The molecule has 1 aromatic rings. The lowest BCUT2D eigenvalue weighted by Crippen LogP contribution is -2.30. The number of halogens is 1. The van der Waals surface area contributed by atoms with Crippen LogP contribution in [0.3, 0.4) is 0 Å². The first kappa shape index (κ1) is 17.8. The SMILES string of the molecule is CCOc1cc(CNC)cc(Br)c1OCC(C)(C)C(=O)O. The van der Waals surface area contributed by atoms with Gasteiger partial charge in [-0.05, 0) is 61.4 Å². The molecule has 0 amide bonds. The highest BCUT2D eigenvalue weighted by Gasteiger charge is 2.29. The van der Waals surface area contributed by atoms with Gasteiger partial charge in [-0.15, -0.1) is 0 Å². The van der Waals surface area contributed by atoms with Crippen molar-refractivity contribution in [3.8, 4) is 11.5 Å². The highest BCUT2D eigenvalue weighted by Crippen LogP contribution is 2.38. The van der Waals surface area contributed by atoms with Crippen LogP contribution in [0.2, 0.25) is 0 Å². The number of hydrogen-bond donors (Lipinski definition) is 2. The first-order valence-corrected chi connectivity index (χ1v) is 7.57. The van der Waals surface area contributed by atoms with Crippen LogP contribution in [-0.4, -0.2) is 31.3 Å². The summed E-state index contributed by atoms with van der Waals surface area (Å²) in [5.74, 6) is 0.243. The summed E-state index contributed by atoms with van der Waals surface area (Å²) >= 11 is 3.46. The molecular formula is C15H22BrNO4. The van der Waals surface area contributed by atoms with Crippen molar-refractivity contribution in [3.63, 3.8) is 0 Å². The number of aliphatic carboxylic acids is 1. The second-order valence-electron chi connectivity index (χ2n) is 5.35. The fourth-order valence-corrected chi connectivity index (χ4v) is 2.25. The zero-order valence-corrected chi connectivity index (χ0v) is 14.4. The highest BCUT2D eigenvalue weighted by molar-refractivity contribution is 9.10. The Hall–Kier alpha value is -1.27. The van der Waals surface area contributed by atoms with Crippen molar-refractivity contribution < 1.29 is 19.4 Å². The van der Waals surface area contributed by atoms with E-state index in [9.17, 15) is 4.79 Å². The van der Waals surface area contributed by atoms with Crippen LogP contribution in [-0.2, 0) is 11.3 Å². The number of hydrogen-bond acceptors (Lipinski definition) is 4. The lowest BCUT2D eigenvalue weighted by molar-refractivity contribution is -0.148. The number of nitrogens with one attached hydrogen (secondary N) is 1. The summed E-state index contributed by atoms with van der Waals surface area (Å²) in [4.78, 5) is 11.1. The number of rotatable bonds is 8. The van der Waals surface area contributed by atoms with Crippen molar-refractivity contribution in [3.05, 3.63) is 22.2 Å². The molecule has 0 saturated carbocycles. The van der Waals surface area contributed by atoms with E-state index in [0.717, 1.165) is 10.0 Å². The van der Waals surface area contributed by atoms with Gasteiger partial charge in [0.1, 0.15) is 6.61 Å². The second kappa shape index (κ2) is 7.66. The molecule has 1 aromatic carbocycles. The minimum Gasteiger partial charge on any atom is -0.490 e. The highest BCUT2D eigenvalue weighted by atomic mass is 79.9. The van der Waals surface area contributed by atoms with E-state index in [-0.39, 0.29) is 6.61 Å². The van der Waals surface area contributed by atoms with Crippen LogP contribution in [0.1, 0.15) is 26.3 Å². The Kier molecular flexibility index (Phi) is 6.48. The summed E-state index contributed by atoms with van der Waals surface area (Å²) in [6, 6.07) is 3.83. The van der Waals surface area contributed by atoms with Crippen molar-refractivity contribution in [1.82, 2.24) is 5.32 Å². The Bertz CT molecular complexity index is 503. The van der Waals surface area contributed by atoms with Crippen molar-refractivity contribution in [2.45, 2.75) is 27.3 Å². The number of benzene rings is 1. The molecule has 0 aliphatic carbocycles. The number of carboxylic acids is 1. The predicted octanol–water partition coefficient (Wildman–Crippen LogP) is 3.06. The van der Waals surface area contributed by atoms with Gasteiger partial charge in [0.25, 0.3) is 0 Å². The Morgan fingerprint density at radius 2 is 2.05 bits per heavy atom.